The van der Waals surface area contributed by atoms with Crippen molar-refractivity contribution in [2.24, 2.45) is 4.99 Å². The standard InChI is InChI=1S/C14H17NO2/c1-9-4-10-6-15-7-11(10)5-13(9)12-2-3-17-8-14(12)16/h4-6,12,14,16H,2-3,7-8H2,1H3. The molecule has 2 aliphatic rings. The summed E-state index contributed by atoms with van der Waals surface area (Å²) < 4.78 is 5.29. The molecule has 0 bridgehead atoms. The van der Waals surface area contributed by atoms with Gasteiger partial charge < -0.3 is 9.84 Å². The van der Waals surface area contributed by atoms with Crippen LogP contribution in [0.3, 0.4) is 0 Å². The predicted molar refractivity (Wildman–Crippen MR) is 66.7 cm³/mol. The van der Waals surface area contributed by atoms with Crippen molar-refractivity contribution in [1.82, 2.24) is 0 Å². The lowest BCUT2D eigenvalue weighted by atomic mass is 9.85. The van der Waals surface area contributed by atoms with Gasteiger partial charge in [0.05, 0.1) is 19.3 Å². The van der Waals surface area contributed by atoms with E-state index in [0.717, 1.165) is 19.6 Å². The van der Waals surface area contributed by atoms with Crippen molar-refractivity contribution in [2.45, 2.75) is 31.9 Å². The number of fused-ring (bicyclic) bond motifs is 1. The molecule has 0 saturated carbocycles. The third-order valence-corrected chi connectivity index (χ3v) is 3.75. The van der Waals surface area contributed by atoms with E-state index in [-0.39, 0.29) is 12.0 Å². The number of nitrogens with zero attached hydrogens (tertiary/aromatic N) is 1. The number of rotatable bonds is 1. The molecule has 3 heteroatoms. The van der Waals surface area contributed by atoms with Gasteiger partial charge >= 0.3 is 0 Å². The van der Waals surface area contributed by atoms with Crippen molar-refractivity contribution in [3.8, 4) is 0 Å². The summed E-state index contributed by atoms with van der Waals surface area (Å²) in [6.07, 6.45) is 2.47. The Morgan fingerprint density at radius 2 is 2.29 bits per heavy atom. The fourth-order valence-corrected chi connectivity index (χ4v) is 2.78. The van der Waals surface area contributed by atoms with Gasteiger partial charge in [0.1, 0.15) is 0 Å². The van der Waals surface area contributed by atoms with Crippen LogP contribution in [0.4, 0.5) is 0 Å². The average molecular weight is 231 g/mol. The largest absolute Gasteiger partial charge is 0.390 e. The van der Waals surface area contributed by atoms with E-state index >= 15 is 0 Å². The van der Waals surface area contributed by atoms with E-state index < -0.39 is 0 Å². The van der Waals surface area contributed by atoms with Crippen molar-refractivity contribution < 1.29 is 9.84 Å². The molecule has 1 N–H and O–H groups in total. The van der Waals surface area contributed by atoms with Gasteiger partial charge in [-0.1, -0.05) is 6.07 Å². The molecule has 0 radical (unpaired) electrons. The molecule has 0 aromatic heterocycles. The normalized spacial score (nSPS) is 27.2. The molecule has 1 aromatic rings. The van der Waals surface area contributed by atoms with Gasteiger partial charge in [0.25, 0.3) is 0 Å². The molecule has 3 rings (SSSR count). The van der Waals surface area contributed by atoms with Gasteiger partial charge in [-0.15, -0.1) is 0 Å². The third kappa shape index (κ3) is 1.90. The van der Waals surface area contributed by atoms with Gasteiger partial charge in [0, 0.05) is 18.7 Å². The van der Waals surface area contributed by atoms with Crippen LogP contribution in [-0.2, 0) is 11.3 Å². The van der Waals surface area contributed by atoms with Crippen LogP contribution in [0, 0.1) is 6.92 Å². The van der Waals surface area contributed by atoms with Crippen molar-refractivity contribution >= 4 is 6.21 Å². The highest BCUT2D eigenvalue weighted by atomic mass is 16.5. The van der Waals surface area contributed by atoms with Crippen molar-refractivity contribution in [3.05, 3.63) is 34.4 Å². The van der Waals surface area contributed by atoms with Crippen LogP contribution in [0.2, 0.25) is 0 Å². The minimum atomic E-state index is -0.372. The van der Waals surface area contributed by atoms with E-state index in [1.165, 1.54) is 22.3 Å². The summed E-state index contributed by atoms with van der Waals surface area (Å²) in [6, 6.07) is 4.40. The number of ether oxygens (including phenoxy) is 1. The minimum Gasteiger partial charge on any atom is -0.390 e. The third-order valence-electron chi connectivity index (χ3n) is 3.75. The van der Waals surface area contributed by atoms with Gasteiger partial charge in [0.15, 0.2) is 0 Å². The average Bonchev–Trinajstić information content (AvgIpc) is 2.76. The first kappa shape index (κ1) is 10.9. The van der Waals surface area contributed by atoms with Gasteiger partial charge in [-0.25, -0.2) is 0 Å². The molecular weight excluding hydrogens is 214 g/mol. The molecule has 2 unspecified atom stereocenters. The first-order valence-electron chi connectivity index (χ1n) is 6.15. The van der Waals surface area contributed by atoms with Crippen molar-refractivity contribution in [1.29, 1.82) is 0 Å². The Labute approximate surface area is 101 Å². The van der Waals surface area contributed by atoms with Crippen LogP contribution >= 0.6 is 0 Å². The Kier molecular flexibility index (Phi) is 2.73. The number of hydrogen-bond acceptors (Lipinski definition) is 3. The van der Waals surface area contributed by atoms with Crippen LogP contribution in [0.25, 0.3) is 0 Å². The van der Waals surface area contributed by atoms with E-state index in [9.17, 15) is 5.11 Å². The summed E-state index contributed by atoms with van der Waals surface area (Å²) >= 11 is 0. The van der Waals surface area contributed by atoms with Crippen LogP contribution in [0.15, 0.2) is 17.1 Å². The summed E-state index contributed by atoms with van der Waals surface area (Å²) in [5.41, 5.74) is 5.03. The second-order valence-electron chi connectivity index (χ2n) is 4.91. The highest BCUT2D eigenvalue weighted by molar-refractivity contribution is 5.85. The summed E-state index contributed by atoms with van der Waals surface area (Å²) in [5, 5.41) is 10.0. The van der Waals surface area contributed by atoms with Crippen LogP contribution in [0.5, 0.6) is 0 Å². The Morgan fingerprint density at radius 1 is 1.41 bits per heavy atom. The molecule has 0 spiro atoms. The smallest absolute Gasteiger partial charge is 0.0842 e. The number of aliphatic hydroxyl groups excluding tert-OH is 1. The molecule has 1 aromatic carbocycles. The Balaban J connectivity index is 1.97. The maximum atomic E-state index is 10.0. The maximum absolute atomic E-state index is 10.0. The van der Waals surface area contributed by atoms with E-state index in [4.69, 9.17) is 4.74 Å². The van der Waals surface area contributed by atoms with E-state index in [1.54, 1.807) is 0 Å². The zero-order chi connectivity index (χ0) is 11.8. The molecule has 1 fully saturated rings. The van der Waals surface area contributed by atoms with E-state index in [0.29, 0.717) is 6.61 Å². The minimum absolute atomic E-state index is 0.217. The first-order chi connectivity index (χ1) is 8.25. The lowest BCUT2D eigenvalue weighted by Crippen LogP contribution is -2.31. The lowest BCUT2D eigenvalue weighted by Gasteiger charge is -2.29. The Morgan fingerprint density at radius 3 is 3.12 bits per heavy atom. The summed E-state index contributed by atoms with van der Waals surface area (Å²) in [4.78, 5) is 4.29. The predicted octanol–water partition coefficient (Wildman–Crippen LogP) is 1.79. The summed E-state index contributed by atoms with van der Waals surface area (Å²) in [6.45, 7) is 4.10. The van der Waals surface area contributed by atoms with Gasteiger partial charge in [-0.3, -0.25) is 4.99 Å². The quantitative estimate of drug-likeness (QED) is 0.800. The second kappa shape index (κ2) is 4.24. The van der Waals surface area contributed by atoms with E-state index in [2.05, 4.69) is 24.0 Å². The van der Waals surface area contributed by atoms with Gasteiger partial charge in [-0.2, -0.15) is 0 Å². The molecule has 2 heterocycles. The topological polar surface area (TPSA) is 41.8 Å². The van der Waals surface area contributed by atoms with Crippen molar-refractivity contribution in [2.75, 3.05) is 13.2 Å². The highest BCUT2D eigenvalue weighted by Gasteiger charge is 2.27. The van der Waals surface area contributed by atoms with Gasteiger partial charge in [-0.05, 0) is 41.7 Å². The number of benzene rings is 1. The first-order valence-corrected chi connectivity index (χ1v) is 6.15. The van der Waals surface area contributed by atoms with E-state index in [1.807, 2.05) is 6.21 Å². The molecule has 3 nitrogen and oxygen atoms in total. The lowest BCUT2D eigenvalue weighted by molar-refractivity contribution is -0.0206. The molecule has 1 saturated heterocycles. The van der Waals surface area contributed by atoms with Gasteiger partial charge in [0.2, 0.25) is 0 Å². The SMILES string of the molecule is Cc1cc2c(cc1C1CCOCC1O)CN=C2. The molecule has 2 aliphatic heterocycles. The number of aliphatic hydroxyl groups is 1. The molecule has 2 atom stereocenters. The van der Waals surface area contributed by atoms with Crippen LogP contribution < -0.4 is 0 Å². The van der Waals surface area contributed by atoms with Crippen LogP contribution in [-0.4, -0.2) is 30.6 Å². The molecule has 0 amide bonds. The Hall–Kier alpha value is -1.19. The van der Waals surface area contributed by atoms with Crippen molar-refractivity contribution in [3.63, 3.8) is 0 Å². The van der Waals surface area contributed by atoms with Crippen LogP contribution in [0.1, 0.15) is 34.6 Å². The molecular formula is C14H17NO2. The summed E-state index contributed by atoms with van der Waals surface area (Å²) in [7, 11) is 0. The monoisotopic (exact) mass is 231 g/mol. The molecule has 0 aliphatic carbocycles. The Bertz CT molecular complexity index is 468. The molecule has 90 valence electrons. The maximum Gasteiger partial charge on any atom is 0.0842 e. The number of hydrogen-bond donors (Lipinski definition) is 1. The zero-order valence-electron chi connectivity index (χ0n) is 10.0. The fraction of sp³-hybridized carbons (Fsp3) is 0.500. The number of aryl methyl sites for hydroxylation is 1. The second-order valence-corrected chi connectivity index (χ2v) is 4.91. The fourth-order valence-electron chi connectivity index (χ4n) is 2.78. The highest BCUT2D eigenvalue weighted by Crippen LogP contribution is 2.32. The summed E-state index contributed by atoms with van der Waals surface area (Å²) in [5.74, 6) is 0.217. The zero-order valence-corrected chi connectivity index (χ0v) is 10.0. The molecule has 17 heavy (non-hydrogen) atoms. The number of aliphatic imine (C=N–C) groups is 1.